The average molecular weight is 327 g/mol. The van der Waals surface area contributed by atoms with Gasteiger partial charge in [0.15, 0.2) is 5.65 Å². The van der Waals surface area contributed by atoms with Crippen LogP contribution in [-0.2, 0) is 11.2 Å². The third-order valence-corrected chi connectivity index (χ3v) is 3.54. The zero-order valence-electron chi connectivity index (χ0n) is 11.9. The van der Waals surface area contributed by atoms with Crippen LogP contribution < -0.4 is 10.7 Å². The molecule has 118 valence electrons. The molecule has 0 bridgehead atoms. The molecule has 8 nitrogen and oxygen atoms in total. The minimum Gasteiger partial charge on any atom is -0.480 e. The summed E-state index contributed by atoms with van der Waals surface area (Å²) in [5.74, 6) is -2.03. The van der Waals surface area contributed by atoms with Crippen LogP contribution in [0.5, 0.6) is 0 Å². The molecule has 0 aliphatic heterocycles. The molecule has 0 unspecified atom stereocenters. The number of aryl methyl sites for hydroxylation is 1. The molecule has 2 heterocycles. The Balaban J connectivity index is 2.54. The lowest BCUT2D eigenvalue weighted by atomic mass is 10.1. The first kappa shape index (κ1) is 16.0. The van der Waals surface area contributed by atoms with Crippen molar-refractivity contribution in [3.05, 3.63) is 32.8 Å². The quantitative estimate of drug-likeness (QED) is 0.727. The number of carbonyl (C=O) groups excluding carboxylic acids is 1. The summed E-state index contributed by atoms with van der Waals surface area (Å²) in [7, 11) is 0. The Morgan fingerprint density at radius 2 is 2.23 bits per heavy atom. The summed E-state index contributed by atoms with van der Waals surface area (Å²) in [4.78, 5) is 38.9. The number of fused-ring (bicyclic) bond motifs is 1. The van der Waals surface area contributed by atoms with Crippen LogP contribution in [0, 0.1) is 0 Å². The van der Waals surface area contributed by atoms with Crippen LogP contribution in [0.2, 0.25) is 5.02 Å². The number of hydrogen-bond donors (Lipinski definition) is 3. The highest BCUT2D eigenvalue weighted by atomic mass is 35.5. The first-order valence-corrected chi connectivity index (χ1v) is 7.11. The van der Waals surface area contributed by atoms with Crippen LogP contribution in [0.1, 0.15) is 35.8 Å². The Morgan fingerprint density at radius 1 is 1.50 bits per heavy atom. The maximum Gasteiger partial charge on any atom is 0.322 e. The number of carboxylic acid groups (broad SMARTS) is 1. The van der Waals surface area contributed by atoms with Gasteiger partial charge in [-0.15, -0.1) is 0 Å². The molecular weight excluding hydrogens is 312 g/mol. The molecule has 0 spiro atoms. The van der Waals surface area contributed by atoms with Gasteiger partial charge in [0.2, 0.25) is 5.43 Å². The zero-order valence-corrected chi connectivity index (χ0v) is 12.6. The fourth-order valence-electron chi connectivity index (χ4n) is 2.10. The second-order valence-corrected chi connectivity index (χ2v) is 5.07. The van der Waals surface area contributed by atoms with Gasteiger partial charge in [-0.1, -0.05) is 24.9 Å². The number of unbranched alkanes of at least 4 members (excludes halogenated alkanes) is 1. The van der Waals surface area contributed by atoms with Crippen molar-refractivity contribution in [2.45, 2.75) is 26.2 Å². The summed E-state index contributed by atoms with van der Waals surface area (Å²) >= 11 is 6.10. The Labute approximate surface area is 130 Å². The van der Waals surface area contributed by atoms with Crippen LogP contribution >= 0.6 is 11.6 Å². The van der Waals surface area contributed by atoms with Crippen molar-refractivity contribution in [2.24, 2.45) is 0 Å². The smallest absolute Gasteiger partial charge is 0.322 e. The highest BCUT2D eigenvalue weighted by molar-refractivity contribution is 6.31. The highest BCUT2D eigenvalue weighted by Crippen LogP contribution is 2.18. The highest BCUT2D eigenvalue weighted by Gasteiger charge is 2.23. The van der Waals surface area contributed by atoms with Crippen molar-refractivity contribution in [1.29, 1.82) is 0 Å². The summed E-state index contributed by atoms with van der Waals surface area (Å²) in [5.41, 5.74) is -0.241. The van der Waals surface area contributed by atoms with E-state index in [9.17, 15) is 14.4 Å². The number of carboxylic acids is 1. The SMILES string of the molecule is CCCCc1c(Cl)c(=O)c(C(=O)NCC(=O)O)c2nc[nH]n12. The van der Waals surface area contributed by atoms with E-state index in [0.29, 0.717) is 12.1 Å². The van der Waals surface area contributed by atoms with Gasteiger partial charge in [0.25, 0.3) is 5.91 Å². The summed E-state index contributed by atoms with van der Waals surface area (Å²) in [6, 6.07) is 0. The van der Waals surface area contributed by atoms with Gasteiger partial charge in [-0.3, -0.25) is 19.5 Å². The summed E-state index contributed by atoms with van der Waals surface area (Å²) in [6.45, 7) is 1.42. The Kier molecular flexibility index (Phi) is 4.81. The molecule has 2 aromatic rings. The van der Waals surface area contributed by atoms with Crippen LogP contribution in [0.4, 0.5) is 0 Å². The number of hydrogen-bond acceptors (Lipinski definition) is 4. The average Bonchev–Trinajstić information content (AvgIpc) is 2.94. The first-order chi connectivity index (χ1) is 10.5. The number of nitrogens with zero attached hydrogens (tertiary/aromatic N) is 2. The molecule has 0 saturated carbocycles. The fraction of sp³-hybridized carbons (Fsp3) is 0.385. The zero-order chi connectivity index (χ0) is 16.3. The summed E-state index contributed by atoms with van der Waals surface area (Å²) in [6.07, 6.45) is 3.64. The molecule has 0 atom stereocenters. The molecule has 3 N–H and O–H groups in total. The van der Waals surface area contributed by atoms with E-state index in [0.717, 1.165) is 12.8 Å². The number of rotatable bonds is 6. The normalized spacial score (nSPS) is 10.8. The predicted octanol–water partition coefficient (Wildman–Crippen LogP) is 0.833. The Hall–Kier alpha value is -2.35. The van der Waals surface area contributed by atoms with E-state index in [1.54, 1.807) is 0 Å². The maximum atomic E-state index is 12.3. The number of amides is 1. The number of aliphatic carboxylic acids is 1. The minimum atomic E-state index is -1.21. The molecule has 0 aliphatic rings. The predicted molar refractivity (Wildman–Crippen MR) is 79.4 cm³/mol. The van der Waals surface area contributed by atoms with Crippen molar-refractivity contribution in [2.75, 3.05) is 6.54 Å². The number of carbonyl (C=O) groups is 2. The van der Waals surface area contributed by atoms with Gasteiger partial charge in [-0.25, -0.2) is 9.50 Å². The largest absolute Gasteiger partial charge is 0.480 e. The molecule has 9 heteroatoms. The van der Waals surface area contributed by atoms with Crippen LogP contribution in [0.25, 0.3) is 5.65 Å². The second kappa shape index (κ2) is 6.61. The van der Waals surface area contributed by atoms with Gasteiger partial charge in [0.1, 0.15) is 23.5 Å². The van der Waals surface area contributed by atoms with E-state index >= 15 is 0 Å². The van der Waals surface area contributed by atoms with E-state index < -0.39 is 23.9 Å². The van der Waals surface area contributed by atoms with Crippen molar-refractivity contribution in [1.82, 2.24) is 19.9 Å². The van der Waals surface area contributed by atoms with Gasteiger partial charge in [0, 0.05) is 0 Å². The standard InChI is InChI=1S/C13H15ClN4O4/c1-2-3-4-7-10(14)11(21)9(12-16-6-17-18(7)12)13(22)15-5-8(19)20/h6H,2-5H2,1H3,(H,15,22)(H,16,17)(H,19,20). The van der Waals surface area contributed by atoms with Crippen molar-refractivity contribution >= 4 is 29.1 Å². The second-order valence-electron chi connectivity index (χ2n) is 4.69. The van der Waals surface area contributed by atoms with Crippen LogP contribution in [-0.4, -0.2) is 38.1 Å². The summed E-state index contributed by atoms with van der Waals surface area (Å²) in [5, 5.41) is 13.5. The molecule has 0 fully saturated rings. The van der Waals surface area contributed by atoms with Crippen molar-refractivity contribution in [3.8, 4) is 0 Å². The Bertz CT molecular complexity index is 780. The van der Waals surface area contributed by atoms with Crippen LogP contribution in [0.15, 0.2) is 11.1 Å². The number of aromatic amines is 1. The van der Waals surface area contributed by atoms with E-state index in [1.165, 1.54) is 10.8 Å². The first-order valence-electron chi connectivity index (χ1n) is 6.73. The van der Waals surface area contributed by atoms with Gasteiger partial charge in [0.05, 0.1) is 5.69 Å². The van der Waals surface area contributed by atoms with Crippen molar-refractivity contribution in [3.63, 3.8) is 0 Å². The molecule has 1 amide bonds. The molecular formula is C13H15ClN4O4. The molecule has 0 aromatic carbocycles. The van der Waals surface area contributed by atoms with Crippen LogP contribution in [0.3, 0.4) is 0 Å². The molecule has 0 radical (unpaired) electrons. The van der Waals surface area contributed by atoms with Gasteiger partial charge in [-0.2, -0.15) is 0 Å². The molecule has 0 aliphatic carbocycles. The topological polar surface area (TPSA) is 117 Å². The maximum absolute atomic E-state index is 12.3. The molecule has 0 saturated heterocycles. The number of halogens is 1. The number of pyridine rings is 1. The molecule has 22 heavy (non-hydrogen) atoms. The molecule has 2 rings (SSSR count). The Morgan fingerprint density at radius 3 is 2.86 bits per heavy atom. The van der Waals surface area contributed by atoms with Gasteiger partial charge in [-0.05, 0) is 12.8 Å². The van der Waals surface area contributed by atoms with Gasteiger partial charge < -0.3 is 10.4 Å². The minimum absolute atomic E-state index is 0.0596. The third-order valence-electron chi connectivity index (χ3n) is 3.15. The van der Waals surface area contributed by atoms with E-state index in [1.807, 2.05) is 6.92 Å². The number of nitrogens with one attached hydrogen (secondary N) is 2. The lowest BCUT2D eigenvalue weighted by Crippen LogP contribution is -2.34. The van der Waals surface area contributed by atoms with Crippen molar-refractivity contribution < 1.29 is 14.7 Å². The third kappa shape index (κ3) is 2.96. The number of aromatic nitrogens is 3. The van der Waals surface area contributed by atoms with E-state index in [4.69, 9.17) is 16.7 Å². The monoisotopic (exact) mass is 326 g/mol. The van der Waals surface area contributed by atoms with E-state index in [-0.39, 0.29) is 16.2 Å². The van der Waals surface area contributed by atoms with E-state index in [2.05, 4.69) is 15.4 Å². The lowest BCUT2D eigenvalue weighted by Gasteiger charge is -2.10. The summed E-state index contributed by atoms with van der Waals surface area (Å²) < 4.78 is 1.48. The number of H-pyrrole nitrogens is 1. The molecule has 2 aromatic heterocycles. The fourth-order valence-corrected chi connectivity index (χ4v) is 2.38. The van der Waals surface area contributed by atoms with Gasteiger partial charge >= 0.3 is 5.97 Å². The lowest BCUT2D eigenvalue weighted by molar-refractivity contribution is -0.135.